The van der Waals surface area contributed by atoms with Crippen molar-refractivity contribution in [2.45, 2.75) is 39.7 Å². The van der Waals surface area contributed by atoms with Crippen LogP contribution in [0.1, 0.15) is 46.6 Å². The van der Waals surface area contributed by atoms with E-state index in [9.17, 15) is 4.79 Å². The van der Waals surface area contributed by atoms with Crippen molar-refractivity contribution in [3.8, 4) is 11.1 Å². The number of amides is 1. The third-order valence-corrected chi connectivity index (χ3v) is 8.54. The Bertz CT molecular complexity index is 1470. The lowest BCUT2D eigenvalue weighted by molar-refractivity contribution is 0.0954. The van der Waals surface area contributed by atoms with Crippen molar-refractivity contribution in [1.29, 1.82) is 0 Å². The van der Waals surface area contributed by atoms with Crippen LogP contribution in [0.5, 0.6) is 0 Å². The van der Waals surface area contributed by atoms with Crippen LogP contribution >= 0.6 is 11.3 Å². The average Bonchev–Trinajstić information content (AvgIpc) is 3.45. The predicted molar refractivity (Wildman–Crippen MR) is 164 cm³/mol. The van der Waals surface area contributed by atoms with Crippen LogP contribution in [0.2, 0.25) is 0 Å². The first kappa shape index (κ1) is 27.7. The van der Waals surface area contributed by atoms with Gasteiger partial charge in [0.05, 0.1) is 23.1 Å². The van der Waals surface area contributed by atoms with Crippen LogP contribution in [0.25, 0.3) is 11.1 Å². The monoisotopic (exact) mass is 555 g/mol. The Morgan fingerprint density at radius 1 is 0.925 bits per heavy atom. The maximum atomic E-state index is 12.7. The van der Waals surface area contributed by atoms with Gasteiger partial charge >= 0.3 is 0 Å². The van der Waals surface area contributed by atoms with Gasteiger partial charge in [0, 0.05) is 44.3 Å². The summed E-state index contributed by atoms with van der Waals surface area (Å²) in [4.78, 5) is 31.6. The highest BCUT2D eigenvalue weighted by molar-refractivity contribution is 7.13. The SMILES string of the molecule is Cc1cc(-c2ccnc(Nc3ccc(N4CCN(C)CC4)cn3)c2)ccc1CNC(=O)c1cnc(C(C)(C)C)s1. The number of benzene rings is 1. The Balaban J connectivity index is 1.21. The fourth-order valence-electron chi connectivity index (χ4n) is 4.58. The largest absolute Gasteiger partial charge is 0.368 e. The molecule has 40 heavy (non-hydrogen) atoms. The normalized spacial score (nSPS) is 14.3. The van der Waals surface area contributed by atoms with Crippen LogP contribution in [0.4, 0.5) is 17.3 Å². The third-order valence-electron chi connectivity index (χ3n) is 7.12. The number of carbonyl (C=O) groups is 1. The fourth-order valence-corrected chi connectivity index (χ4v) is 5.47. The summed E-state index contributed by atoms with van der Waals surface area (Å²) in [5.41, 5.74) is 5.43. The van der Waals surface area contributed by atoms with Gasteiger partial charge in [0.1, 0.15) is 16.5 Å². The molecule has 0 saturated carbocycles. The van der Waals surface area contributed by atoms with E-state index in [0.29, 0.717) is 11.4 Å². The highest BCUT2D eigenvalue weighted by Crippen LogP contribution is 2.28. The summed E-state index contributed by atoms with van der Waals surface area (Å²) in [5.74, 6) is 1.41. The Morgan fingerprint density at radius 3 is 2.38 bits per heavy atom. The summed E-state index contributed by atoms with van der Waals surface area (Å²) in [6.07, 6.45) is 5.40. The number of hydrogen-bond donors (Lipinski definition) is 2. The van der Waals surface area contributed by atoms with Crippen molar-refractivity contribution in [1.82, 2.24) is 25.2 Å². The highest BCUT2D eigenvalue weighted by Gasteiger charge is 2.20. The summed E-state index contributed by atoms with van der Waals surface area (Å²) in [5, 5.41) is 7.34. The van der Waals surface area contributed by atoms with Crippen molar-refractivity contribution in [3.05, 3.63) is 82.1 Å². The minimum Gasteiger partial charge on any atom is -0.368 e. The Hall–Kier alpha value is -3.82. The lowest BCUT2D eigenvalue weighted by Crippen LogP contribution is -2.44. The summed E-state index contributed by atoms with van der Waals surface area (Å²) in [6.45, 7) is 13.0. The second-order valence-electron chi connectivity index (χ2n) is 11.4. The number of rotatable bonds is 7. The summed E-state index contributed by atoms with van der Waals surface area (Å²) in [6, 6.07) is 14.5. The maximum Gasteiger partial charge on any atom is 0.263 e. The van der Waals surface area contributed by atoms with E-state index in [-0.39, 0.29) is 11.3 Å². The van der Waals surface area contributed by atoms with E-state index in [1.54, 1.807) is 12.4 Å². The van der Waals surface area contributed by atoms with Crippen LogP contribution in [0.3, 0.4) is 0 Å². The maximum absolute atomic E-state index is 12.7. The van der Waals surface area contributed by atoms with Gasteiger partial charge < -0.3 is 20.4 Å². The second kappa shape index (κ2) is 11.7. The van der Waals surface area contributed by atoms with Crippen LogP contribution < -0.4 is 15.5 Å². The van der Waals surface area contributed by atoms with Gasteiger partial charge in [-0.3, -0.25) is 4.79 Å². The minimum atomic E-state index is -0.0912. The van der Waals surface area contributed by atoms with Crippen molar-refractivity contribution in [3.63, 3.8) is 0 Å². The van der Waals surface area contributed by atoms with Crippen molar-refractivity contribution in [2.24, 2.45) is 0 Å². The van der Waals surface area contributed by atoms with Gasteiger partial charge in [-0.2, -0.15) is 0 Å². The van der Waals surface area contributed by atoms with Gasteiger partial charge in [0.25, 0.3) is 5.91 Å². The average molecular weight is 556 g/mol. The molecule has 1 aliphatic heterocycles. The van der Waals surface area contributed by atoms with E-state index < -0.39 is 0 Å². The number of aryl methyl sites for hydroxylation is 1. The van der Waals surface area contributed by atoms with Crippen LogP contribution in [0.15, 0.2) is 61.1 Å². The van der Waals surface area contributed by atoms with Gasteiger partial charge in [0.2, 0.25) is 0 Å². The molecule has 0 spiro atoms. The van der Waals surface area contributed by atoms with Gasteiger partial charge in [-0.1, -0.05) is 39.0 Å². The third kappa shape index (κ3) is 6.66. The number of thiazole rings is 1. The number of pyridine rings is 2. The van der Waals surface area contributed by atoms with E-state index >= 15 is 0 Å². The predicted octanol–water partition coefficient (Wildman–Crippen LogP) is 5.63. The lowest BCUT2D eigenvalue weighted by Gasteiger charge is -2.33. The van der Waals surface area contributed by atoms with Crippen molar-refractivity contribution >= 4 is 34.6 Å². The van der Waals surface area contributed by atoms with E-state index in [0.717, 1.165) is 70.8 Å². The van der Waals surface area contributed by atoms with Gasteiger partial charge in [-0.05, 0) is 60.5 Å². The zero-order valence-electron chi connectivity index (χ0n) is 23.9. The Labute approximate surface area is 240 Å². The Morgan fingerprint density at radius 2 is 1.70 bits per heavy atom. The molecule has 0 unspecified atom stereocenters. The number of aromatic nitrogens is 3. The van der Waals surface area contributed by atoms with Gasteiger partial charge in [-0.25, -0.2) is 15.0 Å². The molecule has 8 nitrogen and oxygen atoms in total. The first-order valence-corrected chi connectivity index (χ1v) is 14.4. The molecule has 3 aromatic heterocycles. The summed E-state index contributed by atoms with van der Waals surface area (Å²) >= 11 is 1.45. The quantitative estimate of drug-likeness (QED) is 0.306. The van der Waals surface area contributed by atoms with E-state index in [1.165, 1.54) is 11.3 Å². The molecule has 0 bridgehead atoms. The molecule has 4 heterocycles. The molecular formula is C31H37N7OS. The lowest BCUT2D eigenvalue weighted by atomic mass is 9.98. The van der Waals surface area contributed by atoms with Gasteiger partial charge in [-0.15, -0.1) is 11.3 Å². The van der Waals surface area contributed by atoms with E-state index in [2.05, 4.69) is 94.4 Å². The molecule has 0 atom stereocenters. The van der Waals surface area contributed by atoms with Gasteiger partial charge in [0.15, 0.2) is 0 Å². The van der Waals surface area contributed by atoms with Crippen LogP contribution in [-0.4, -0.2) is 59.0 Å². The number of piperazine rings is 1. The van der Waals surface area contributed by atoms with E-state index in [4.69, 9.17) is 0 Å². The van der Waals surface area contributed by atoms with E-state index in [1.807, 2.05) is 24.4 Å². The van der Waals surface area contributed by atoms with Crippen molar-refractivity contribution < 1.29 is 4.79 Å². The number of carbonyl (C=O) groups excluding carboxylic acids is 1. The standard InChI is InChI=1S/C31H37N7OS/c1-21-16-22(6-7-24(21)18-34-29(39)26-20-35-30(40-26)31(2,3)4)23-10-11-32-28(17-23)36-27-9-8-25(19-33-27)38-14-12-37(5)13-15-38/h6-11,16-17,19-20H,12-15,18H2,1-5H3,(H,34,39)(H,32,33,36). The first-order valence-electron chi connectivity index (χ1n) is 13.6. The molecular weight excluding hydrogens is 518 g/mol. The zero-order valence-corrected chi connectivity index (χ0v) is 24.7. The topological polar surface area (TPSA) is 86.3 Å². The molecule has 0 aliphatic carbocycles. The molecule has 0 radical (unpaired) electrons. The number of anilines is 3. The molecule has 9 heteroatoms. The first-order chi connectivity index (χ1) is 19.2. The number of likely N-dealkylation sites (N-methyl/N-ethyl adjacent to an activating group) is 1. The molecule has 1 amide bonds. The molecule has 1 fully saturated rings. The Kier molecular flexibility index (Phi) is 8.14. The van der Waals surface area contributed by atoms with Crippen molar-refractivity contribution in [2.75, 3.05) is 43.4 Å². The zero-order chi connectivity index (χ0) is 28.3. The minimum absolute atomic E-state index is 0.0658. The molecule has 208 valence electrons. The summed E-state index contributed by atoms with van der Waals surface area (Å²) < 4.78 is 0. The highest BCUT2D eigenvalue weighted by atomic mass is 32.1. The molecule has 2 N–H and O–H groups in total. The molecule has 1 aliphatic rings. The molecule has 5 rings (SSSR count). The van der Waals surface area contributed by atoms with Crippen LogP contribution in [0, 0.1) is 6.92 Å². The second-order valence-corrected chi connectivity index (χ2v) is 12.4. The smallest absolute Gasteiger partial charge is 0.263 e. The number of nitrogens with one attached hydrogen (secondary N) is 2. The molecule has 4 aromatic rings. The number of nitrogens with zero attached hydrogens (tertiary/aromatic N) is 5. The van der Waals surface area contributed by atoms with Crippen LogP contribution in [-0.2, 0) is 12.0 Å². The molecule has 1 saturated heterocycles. The summed E-state index contributed by atoms with van der Waals surface area (Å²) in [7, 11) is 2.16. The fraction of sp³-hybridized carbons (Fsp3) is 0.355. The number of hydrogen-bond acceptors (Lipinski definition) is 8. The molecule has 1 aromatic carbocycles.